The number of hydrogen-bond donors (Lipinski definition) is 0. The predicted octanol–water partition coefficient (Wildman–Crippen LogP) is 0.935. The summed E-state index contributed by atoms with van der Waals surface area (Å²) in [4.78, 5) is 12.9. The van der Waals surface area contributed by atoms with Gasteiger partial charge in [-0.3, -0.25) is 4.79 Å². The third kappa shape index (κ3) is 1.95. The van der Waals surface area contributed by atoms with Crippen LogP contribution >= 0.6 is 0 Å². The molecule has 1 fully saturated rings. The van der Waals surface area contributed by atoms with Crippen LogP contribution < -0.4 is 0 Å². The molecule has 1 heterocycles. The van der Waals surface area contributed by atoms with E-state index < -0.39 is 0 Å². The highest BCUT2D eigenvalue weighted by Crippen LogP contribution is 2.07. The first-order valence-electron chi connectivity index (χ1n) is 3.95. The fraction of sp³-hybridized carbons (Fsp3) is 0.444. The van der Waals surface area contributed by atoms with Crippen molar-refractivity contribution in [1.29, 1.82) is 0 Å². The summed E-state index contributed by atoms with van der Waals surface area (Å²) < 4.78 is 4.98. The molecule has 3 heteroatoms. The lowest BCUT2D eigenvalue weighted by molar-refractivity contribution is -0.139. The van der Waals surface area contributed by atoms with E-state index in [1.54, 1.807) is 4.90 Å². The van der Waals surface area contributed by atoms with Gasteiger partial charge in [0.25, 0.3) is 5.91 Å². The second-order valence-corrected chi connectivity index (χ2v) is 2.59. The van der Waals surface area contributed by atoms with Crippen LogP contribution in [0.3, 0.4) is 0 Å². The molecular formula is C9H13NO2. The molecule has 1 rings (SSSR count). The first kappa shape index (κ1) is 9.00. The van der Waals surface area contributed by atoms with Crippen LogP contribution in [0.4, 0.5) is 0 Å². The van der Waals surface area contributed by atoms with E-state index in [9.17, 15) is 4.79 Å². The summed E-state index contributed by atoms with van der Waals surface area (Å²) in [5.41, 5.74) is 0.741. The lowest BCUT2D eigenvalue weighted by atomic mass is 10.3. The van der Waals surface area contributed by atoms with E-state index in [4.69, 9.17) is 4.74 Å². The fourth-order valence-corrected chi connectivity index (χ4v) is 1.10. The quantitative estimate of drug-likeness (QED) is 0.573. The average molecular weight is 167 g/mol. The molecule has 3 nitrogen and oxygen atoms in total. The van der Waals surface area contributed by atoms with Crippen LogP contribution in [-0.2, 0) is 9.53 Å². The molecule has 12 heavy (non-hydrogen) atoms. The second kappa shape index (κ2) is 4.07. The van der Waals surface area contributed by atoms with Crippen LogP contribution in [0, 0.1) is 0 Å². The van der Waals surface area contributed by atoms with E-state index in [1.165, 1.54) is 0 Å². The fourth-order valence-electron chi connectivity index (χ4n) is 1.10. The highest BCUT2D eigenvalue weighted by Gasteiger charge is 2.19. The van der Waals surface area contributed by atoms with Crippen LogP contribution in [-0.4, -0.2) is 30.6 Å². The maximum Gasteiger partial charge on any atom is 0.253 e. The summed E-state index contributed by atoms with van der Waals surface area (Å²) >= 11 is 0. The highest BCUT2D eigenvalue weighted by molar-refractivity contribution is 5.80. The van der Waals surface area contributed by atoms with Crippen LogP contribution in [0.25, 0.3) is 0 Å². The average Bonchev–Trinajstić information content (AvgIpc) is 2.05. The molecule has 0 N–H and O–H groups in total. The van der Waals surface area contributed by atoms with Gasteiger partial charge in [-0.2, -0.15) is 0 Å². The standard InChI is InChI=1S/C9H13NO2/c1-3-4-8(2)10-5-6-12-7-9(10)11/h3-4H,2,5-7H2,1H3/b4-3-. The summed E-state index contributed by atoms with van der Waals surface area (Å²) in [6, 6.07) is 0. The van der Waals surface area contributed by atoms with Gasteiger partial charge in [-0.05, 0) is 13.0 Å². The minimum Gasteiger partial charge on any atom is -0.370 e. The van der Waals surface area contributed by atoms with Gasteiger partial charge in [-0.1, -0.05) is 12.7 Å². The van der Waals surface area contributed by atoms with Crippen molar-refractivity contribution in [2.75, 3.05) is 19.8 Å². The molecule has 0 saturated carbocycles. The Labute approximate surface area is 72.3 Å². The third-order valence-electron chi connectivity index (χ3n) is 1.69. The molecule has 0 aromatic carbocycles. The molecule has 1 aliphatic heterocycles. The van der Waals surface area contributed by atoms with Gasteiger partial charge in [0.05, 0.1) is 6.61 Å². The highest BCUT2D eigenvalue weighted by atomic mass is 16.5. The van der Waals surface area contributed by atoms with Gasteiger partial charge in [0, 0.05) is 12.2 Å². The molecule has 0 aromatic rings. The zero-order chi connectivity index (χ0) is 8.97. The van der Waals surface area contributed by atoms with Crippen molar-refractivity contribution >= 4 is 5.91 Å². The van der Waals surface area contributed by atoms with Crippen LogP contribution in [0.2, 0.25) is 0 Å². The number of hydrogen-bond acceptors (Lipinski definition) is 2. The smallest absolute Gasteiger partial charge is 0.253 e. The van der Waals surface area contributed by atoms with Crippen molar-refractivity contribution in [3.05, 3.63) is 24.4 Å². The summed E-state index contributed by atoms with van der Waals surface area (Å²) in [5.74, 6) is -0.00986. The van der Waals surface area contributed by atoms with E-state index in [0.29, 0.717) is 13.2 Å². The molecular weight excluding hydrogens is 154 g/mol. The van der Waals surface area contributed by atoms with Gasteiger partial charge in [-0.25, -0.2) is 0 Å². The van der Waals surface area contributed by atoms with E-state index in [-0.39, 0.29) is 12.5 Å². The number of carbonyl (C=O) groups is 1. The van der Waals surface area contributed by atoms with Crippen molar-refractivity contribution in [3.63, 3.8) is 0 Å². The zero-order valence-electron chi connectivity index (χ0n) is 7.25. The van der Waals surface area contributed by atoms with Gasteiger partial charge in [-0.15, -0.1) is 0 Å². The van der Waals surface area contributed by atoms with Gasteiger partial charge >= 0.3 is 0 Å². The minimum absolute atomic E-state index is 0.00986. The minimum atomic E-state index is -0.00986. The summed E-state index contributed by atoms with van der Waals surface area (Å²) in [6.45, 7) is 7.07. The predicted molar refractivity (Wildman–Crippen MR) is 46.5 cm³/mol. The molecule has 0 aromatic heterocycles. The number of amides is 1. The molecule has 1 amide bonds. The van der Waals surface area contributed by atoms with E-state index in [0.717, 1.165) is 5.70 Å². The van der Waals surface area contributed by atoms with Crippen molar-refractivity contribution in [2.24, 2.45) is 0 Å². The molecule has 0 bridgehead atoms. The number of ether oxygens (including phenoxy) is 1. The Balaban J connectivity index is 2.59. The van der Waals surface area contributed by atoms with Gasteiger partial charge < -0.3 is 9.64 Å². The molecule has 0 atom stereocenters. The number of nitrogens with zero attached hydrogens (tertiary/aromatic N) is 1. The van der Waals surface area contributed by atoms with Crippen LogP contribution in [0.1, 0.15) is 6.92 Å². The summed E-state index contributed by atoms with van der Waals surface area (Å²) in [6.07, 6.45) is 3.69. The molecule has 0 aliphatic carbocycles. The zero-order valence-corrected chi connectivity index (χ0v) is 7.25. The lowest BCUT2D eigenvalue weighted by Gasteiger charge is -2.26. The number of allylic oxidation sites excluding steroid dienone is 2. The Kier molecular flexibility index (Phi) is 3.05. The largest absolute Gasteiger partial charge is 0.370 e. The van der Waals surface area contributed by atoms with E-state index in [1.807, 2.05) is 19.1 Å². The van der Waals surface area contributed by atoms with Gasteiger partial charge in [0.2, 0.25) is 0 Å². The maximum atomic E-state index is 11.2. The molecule has 0 unspecified atom stereocenters. The van der Waals surface area contributed by atoms with Crippen LogP contribution in [0.5, 0.6) is 0 Å². The number of carbonyl (C=O) groups excluding carboxylic acids is 1. The van der Waals surface area contributed by atoms with Crippen LogP contribution in [0.15, 0.2) is 24.4 Å². The first-order valence-corrected chi connectivity index (χ1v) is 3.95. The Hall–Kier alpha value is -1.09. The topological polar surface area (TPSA) is 29.5 Å². The Morgan fingerprint density at radius 2 is 2.50 bits per heavy atom. The Morgan fingerprint density at radius 1 is 1.75 bits per heavy atom. The summed E-state index contributed by atoms with van der Waals surface area (Å²) in [7, 11) is 0. The molecule has 66 valence electrons. The van der Waals surface area contributed by atoms with Crippen molar-refractivity contribution < 1.29 is 9.53 Å². The summed E-state index contributed by atoms with van der Waals surface area (Å²) in [5, 5.41) is 0. The number of morpholine rings is 1. The van der Waals surface area contributed by atoms with Gasteiger partial charge in [0.15, 0.2) is 0 Å². The Morgan fingerprint density at radius 3 is 3.08 bits per heavy atom. The molecule has 0 radical (unpaired) electrons. The molecule has 0 spiro atoms. The van der Waals surface area contributed by atoms with E-state index in [2.05, 4.69) is 6.58 Å². The van der Waals surface area contributed by atoms with Crippen molar-refractivity contribution in [1.82, 2.24) is 4.90 Å². The third-order valence-corrected chi connectivity index (χ3v) is 1.69. The van der Waals surface area contributed by atoms with Gasteiger partial charge in [0.1, 0.15) is 6.61 Å². The first-order chi connectivity index (χ1) is 5.75. The lowest BCUT2D eigenvalue weighted by Crippen LogP contribution is -2.40. The van der Waals surface area contributed by atoms with E-state index >= 15 is 0 Å². The van der Waals surface area contributed by atoms with Crippen molar-refractivity contribution in [2.45, 2.75) is 6.92 Å². The second-order valence-electron chi connectivity index (χ2n) is 2.59. The van der Waals surface area contributed by atoms with Crippen molar-refractivity contribution in [3.8, 4) is 0 Å². The SMILES string of the molecule is C=C(/C=C\C)N1CCOCC1=O. The molecule has 1 aliphatic rings. The molecule has 1 saturated heterocycles. The Bertz CT molecular complexity index is 221. The maximum absolute atomic E-state index is 11.2. The monoisotopic (exact) mass is 167 g/mol. The number of rotatable bonds is 2. The normalized spacial score (nSPS) is 18.8.